The molecule has 0 aliphatic rings. The summed E-state index contributed by atoms with van der Waals surface area (Å²) in [6.45, 7) is 2.78. The highest BCUT2D eigenvalue weighted by molar-refractivity contribution is 7.09. The topological polar surface area (TPSA) is 75.9 Å². The van der Waals surface area contributed by atoms with Gasteiger partial charge in [-0.3, -0.25) is 0 Å². The second-order valence-electron chi connectivity index (χ2n) is 3.29. The van der Waals surface area contributed by atoms with Crippen LogP contribution in [0.4, 0.5) is 11.5 Å². The molecule has 0 spiro atoms. The van der Waals surface area contributed by atoms with Crippen molar-refractivity contribution in [2.45, 2.75) is 13.5 Å². The molecule has 0 atom stereocenters. The number of thiazole rings is 1. The van der Waals surface area contributed by atoms with E-state index in [-0.39, 0.29) is 0 Å². The van der Waals surface area contributed by atoms with Crippen molar-refractivity contribution in [1.82, 2.24) is 9.97 Å². The fourth-order valence-electron chi connectivity index (χ4n) is 1.30. The van der Waals surface area contributed by atoms with Crippen LogP contribution < -0.4 is 16.6 Å². The molecule has 4 N–H and O–H groups in total. The second-order valence-corrected chi connectivity index (χ2v) is 4.23. The van der Waals surface area contributed by atoms with E-state index in [1.807, 2.05) is 24.6 Å². The Morgan fingerprint density at radius 1 is 1.44 bits per heavy atom. The van der Waals surface area contributed by atoms with E-state index in [1.54, 1.807) is 17.5 Å². The lowest BCUT2D eigenvalue weighted by molar-refractivity contribution is 1.12. The Morgan fingerprint density at radius 3 is 3.00 bits per heavy atom. The molecular formula is C10H13N5S. The van der Waals surface area contributed by atoms with Gasteiger partial charge in [-0.05, 0) is 13.0 Å². The molecule has 0 saturated carbocycles. The number of hydrazine groups is 1. The highest BCUT2D eigenvalue weighted by Crippen LogP contribution is 2.16. The molecule has 0 aromatic carbocycles. The molecule has 16 heavy (non-hydrogen) atoms. The first-order chi connectivity index (χ1) is 7.79. The molecule has 6 heteroatoms. The molecule has 2 aromatic heterocycles. The number of nitrogens with zero attached hydrogens (tertiary/aromatic N) is 2. The maximum atomic E-state index is 5.29. The number of rotatable bonds is 4. The van der Waals surface area contributed by atoms with Crippen LogP contribution in [0, 0.1) is 6.92 Å². The third-order valence-corrected chi connectivity index (χ3v) is 3.14. The quantitative estimate of drug-likeness (QED) is 0.556. The van der Waals surface area contributed by atoms with E-state index in [1.165, 1.54) is 4.88 Å². The lowest BCUT2D eigenvalue weighted by atomic mass is 10.3. The molecular weight excluding hydrogens is 222 g/mol. The van der Waals surface area contributed by atoms with Crippen molar-refractivity contribution in [2.75, 3.05) is 10.7 Å². The molecule has 2 aromatic rings. The van der Waals surface area contributed by atoms with Gasteiger partial charge in [0, 0.05) is 22.8 Å². The third-order valence-electron chi connectivity index (χ3n) is 2.21. The monoisotopic (exact) mass is 235 g/mol. The van der Waals surface area contributed by atoms with E-state index < -0.39 is 0 Å². The van der Waals surface area contributed by atoms with E-state index in [4.69, 9.17) is 5.84 Å². The SMILES string of the molecule is Cc1ncsc1CNc1ccnc(NN)c1. The third kappa shape index (κ3) is 2.47. The molecule has 0 saturated heterocycles. The van der Waals surface area contributed by atoms with Gasteiger partial charge in [0.2, 0.25) is 0 Å². The van der Waals surface area contributed by atoms with Crippen molar-refractivity contribution in [3.8, 4) is 0 Å². The normalized spacial score (nSPS) is 10.1. The standard InChI is InChI=1S/C10H13N5S/c1-7-9(16-6-14-7)5-13-8-2-3-12-10(4-8)15-11/h2-4,6H,5,11H2,1H3,(H2,12,13,15). The van der Waals surface area contributed by atoms with Gasteiger partial charge in [0.15, 0.2) is 0 Å². The first-order valence-corrected chi connectivity index (χ1v) is 5.73. The average Bonchev–Trinajstić information content (AvgIpc) is 2.72. The zero-order chi connectivity index (χ0) is 11.4. The number of pyridine rings is 1. The number of nitrogens with two attached hydrogens (primary N) is 1. The van der Waals surface area contributed by atoms with Gasteiger partial charge in [-0.1, -0.05) is 0 Å². The fraction of sp³-hybridized carbons (Fsp3) is 0.200. The van der Waals surface area contributed by atoms with E-state index in [2.05, 4.69) is 20.7 Å². The summed E-state index contributed by atoms with van der Waals surface area (Å²) in [5, 5.41) is 3.30. The summed E-state index contributed by atoms with van der Waals surface area (Å²) in [5.74, 6) is 5.93. The van der Waals surface area contributed by atoms with Crippen LogP contribution in [0.5, 0.6) is 0 Å². The molecule has 0 bridgehead atoms. The van der Waals surface area contributed by atoms with Gasteiger partial charge >= 0.3 is 0 Å². The Labute approximate surface area is 97.7 Å². The van der Waals surface area contributed by atoms with Crippen molar-refractivity contribution < 1.29 is 0 Å². The first kappa shape index (κ1) is 10.8. The molecule has 0 amide bonds. The molecule has 0 radical (unpaired) electrons. The van der Waals surface area contributed by atoms with Crippen LogP contribution in [0.15, 0.2) is 23.8 Å². The molecule has 2 rings (SSSR count). The second kappa shape index (κ2) is 4.91. The summed E-state index contributed by atoms with van der Waals surface area (Å²) < 4.78 is 0. The Balaban J connectivity index is 2.02. The lowest BCUT2D eigenvalue weighted by Crippen LogP contribution is -2.09. The van der Waals surface area contributed by atoms with Crippen molar-refractivity contribution in [3.05, 3.63) is 34.4 Å². The number of aryl methyl sites for hydroxylation is 1. The van der Waals surface area contributed by atoms with Crippen LogP contribution in [0.3, 0.4) is 0 Å². The van der Waals surface area contributed by atoms with Crippen LogP contribution >= 0.6 is 11.3 Å². The predicted molar refractivity (Wildman–Crippen MR) is 66.2 cm³/mol. The summed E-state index contributed by atoms with van der Waals surface area (Å²) in [6, 6.07) is 3.76. The molecule has 2 heterocycles. The maximum absolute atomic E-state index is 5.29. The number of nitrogen functional groups attached to an aromatic ring is 1. The van der Waals surface area contributed by atoms with E-state index in [0.29, 0.717) is 5.82 Å². The van der Waals surface area contributed by atoms with E-state index in [0.717, 1.165) is 17.9 Å². The Hall–Kier alpha value is -1.66. The minimum absolute atomic E-state index is 0.644. The van der Waals surface area contributed by atoms with Crippen LogP contribution in [-0.2, 0) is 6.54 Å². The number of anilines is 2. The van der Waals surface area contributed by atoms with E-state index >= 15 is 0 Å². The van der Waals surface area contributed by atoms with Crippen molar-refractivity contribution in [2.24, 2.45) is 5.84 Å². The van der Waals surface area contributed by atoms with Crippen LogP contribution in [0.1, 0.15) is 10.6 Å². The zero-order valence-corrected chi connectivity index (χ0v) is 9.71. The molecule has 0 fully saturated rings. The summed E-state index contributed by atoms with van der Waals surface area (Å²) in [4.78, 5) is 9.47. The van der Waals surface area contributed by atoms with E-state index in [9.17, 15) is 0 Å². The summed E-state index contributed by atoms with van der Waals surface area (Å²) in [5.41, 5.74) is 6.42. The highest BCUT2D eigenvalue weighted by atomic mass is 32.1. The minimum Gasteiger partial charge on any atom is -0.380 e. The predicted octanol–water partition coefficient (Wildman–Crippen LogP) is 1.74. The Kier molecular flexibility index (Phi) is 3.33. The van der Waals surface area contributed by atoms with Crippen LogP contribution in [0.2, 0.25) is 0 Å². The molecule has 0 aliphatic carbocycles. The molecule has 84 valence electrons. The van der Waals surface area contributed by atoms with Gasteiger partial charge in [0.25, 0.3) is 0 Å². The number of hydrogen-bond donors (Lipinski definition) is 3. The largest absolute Gasteiger partial charge is 0.380 e. The maximum Gasteiger partial charge on any atom is 0.141 e. The number of nitrogens with one attached hydrogen (secondary N) is 2. The van der Waals surface area contributed by atoms with Gasteiger partial charge in [0.05, 0.1) is 17.7 Å². The van der Waals surface area contributed by atoms with Crippen LogP contribution in [0.25, 0.3) is 0 Å². The number of aromatic nitrogens is 2. The summed E-state index contributed by atoms with van der Waals surface area (Å²) >= 11 is 1.65. The Morgan fingerprint density at radius 2 is 2.31 bits per heavy atom. The molecule has 0 aliphatic heterocycles. The van der Waals surface area contributed by atoms with Gasteiger partial charge in [0.1, 0.15) is 5.82 Å². The van der Waals surface area contributed by atoms with Crippen molar-refractivity contribution >= 4 is 22.8 Å². The lowest BCUT2D eigenvalue weighted by Gasteiger charge is -2.06. The smallest absolute Gasteiger partial charge is 0.141 e. The average molecular weight is 235 g/mol. The molecule has 5 nitrogen and oxygen atoms in total. The number of hydrogen-bond acceptors (Lipinski definition) is 6. The van der Waals surface area contributed by atoms with Gasteiger partial charge in [-0.2, -0.15) is 0 Å². The van der Waals surface area contributed by atoms with Crippen molar-refractivity contribution in [1.29, 1.82) is 0 Å². The van der Waals surface area contributed by atoms with Gasteiger partial charge in [-0.15, -0.1) is 11.3 Å². The van der Waals surface area contributed by atoms with Crippen molar-refractivity contribution in [3.63, 3.8) is 0 Å². The highest BCUT2D eigenvalue weighted by Gasteiger charge is 2.01. The summed E-state index contributed by atoms with van der Waals surface area (Å²) in [7, 11) is 0. The first-order valence-electron chi connectivity index (χ1n) is 4.85. The zero-order valence-electron chi connectivity index (χ0n) is 8.90. The Bertz CT molecular complexity index is 468. The van der Waals surface area contributed by atoms with Crippen LogP contribution in [-0.4, -0.2) is 9.97 Å². The minimum atomic E-state index is 0.644. The fourth-order valence-corrected chi connectivity index (χ4v) is 2.01. The summed E-state index contributed by atoms with van der Waals surface area (Å²) in [6.07, 6.45) is 1.71. The van der Waals surface area contributed by atoms with Gasteiger partial charge < -0.3 is 10.7 Å². The van der Waals surface area contributed by atoms with Gasteiger partial charge in [-0.25, -0.2) is 15.8 Å². The molecule has 0 unspecified atom stereocenters.